The highest BCUT2D eigenvalue weighted by Gasteiger charge is 2.40. The van der Waals surface area contributed by atoms with Crippen LogP contribution in [0.3, 0.4) is 0 Å². The Morgan fingerprint density at radius 1 is 1.00 bits per heavy atom. The quantitative estimate of drug-likeness (QED) is 0.230. The molecule has 1 N–H and O–H groups in total. The lowest BCUT2D eigenvalue weighted by molar-refractivity contribution is -0.192. The molecular formula is C32H29ClF3N3O4. The molecule has 224 valence electrons. The zero-order chi connectivity index (χ0) is 31.5. The van der Waals surface area contributed by atoms with Gasteiger partial charge in [-0.2, -0.15) is 13.2 Å². The largest absolute Gasteiger partial charge is 0.490 e. The predicted molar refractivity (Wildman–Crippen MR) is 159 cm³/mol. The topological polar surface area (TPSA) is 86.4 Å². The van der Waals surface area contributed by atoms with Crippen molar-refractivity contribution in [1.82, 2.24) is 14.1 Å². The van der Waals surface area contributed by atoms with Crippen LogP contribution in [0.15, 0.2) is 90.1 Å². The van der Waals surface area contributed by atoms with Gasteiger partial charge in [0.2, 0.25) is 0 Å². The molecule has 7 nitrogen and oxygen atoms in total. The molecule has 0 fully saturated rings. The van der Waals surface area contributed by atoms with Crippen LogP contribution in [0.4, 0.5) is 13.2 Å². The number of halogens is 4. The summed E-state index contributed by atoms with van der Waals surface area (Å²) < 4.78 is 41.8. The molecule has 0 amide bonds. The average molecular weight is 612 g/mol. The number of carbonyl (C=O) groups is 1. The molecule has 0 aliphatic heterocycles. The number of alkyl halides is 3. The minimum Gasteiger partial charge on any atom is -0.475 e. The standard InChI is InChI=1S/C30H28ClN3O2.C2HF3O2/c1-5-20-9-11-22(12-10-20)30(36-4,28-18-32-19-33(28)2)23-13-14-27-26(16-23)25(17-29(35)34(27)3)21-7-6-8-24(31)15-21;3-2(4,5)1(6)7/h6-19H,5H2,1-4H3;(H,6,7). The first-order chi connectivity index (χ1) is 20.3. The summed E-state index contributed by atoms with van der Waals surface area (Å²) in [6.07, 6.45) is -0.495. The second-order valence-electron chi connectivity index (χ2n) is 9.83. The zero-order valence-corrected chi connectivity index (χ0v) is 24.6. The number of ether oxygens (including phenoxy) is 1. The van der Waals surface area contributed by atoms with Gasteiger partial charge in [0.1, 0.15) is 0 Å². The molecule has 2 heterocycles. The van der Waals surface area contributed by atoms with Gasteiger partial charge < -0.3 is 19.0 Å². The molecule has 0 saturated carbocycles. The van der Waals surface area contributed by atoms with E-state index in [4.69, 9.17) is 26.2 Å². The number of fused-ring (bicyclic) bond motifs is 1. The van der Waals surface area contributed by atoms with Crippen molar-refractivity contribution in [3.05, 3.63) is 123 Å². The summed E-state index contributed by atoms with van der Waals surface area (Å²) in [4.78, 5) is 26.2. The number of hydrogen-bond acceptors (Lipinski definition) is 4. The van der Waals surface area contributed by atoms with Crippen molar-refractivity contribution in [2.45, 2.75) is 25.1 Å². The van der Waals surface area contributed by atoms with Crippen LogP contribution in [0.25, 0.3) is 22.0 Å². The van der Waals surface area contributed by atoms with Gasteiger partial charge in [-0.05, 0) is 58.5 Å². The van der Waals surface area contributed by atoms with E-state index in [1.54, 1.807) is 31.1 Å². The number of carboxylic acid groups (broad SMARTS) is 1. The minimum absolute atomic E-state index is 0.0787. The number of rotatable bonds is 6. The molecule has 3 aromatic carbocycles. The summed E-state index contributed by atoms with van der Waals surface area (Å²) in [6.45, 7) is 2.14. The summed E-state index contributed by atoms with van der Waals surface area (Å²) in [6, 6.07) is 23.9. The number of aliphatic carboxylic acids is 1. The van der Waals surface area contributed by atoms with Gasteiger partial charge in [0.05, 0.1) is 23.7 Å². The van der Waals surface area contributed by atoms with Crippen LogP contribution in [0.1, 0.15) is 29.3 Å². The molecule has 5 aromatic rings. The summed E-state index contributed by atoms with van der Waals surface area (Å²) in [5.74, 6) is -2.76. The van der Waals surface area contributed by atoms with Gasteiger partial charge >= 0.3 is 12.1 Å². The Morgan fingerprint density at radius 3 is 2.19 bits per heavy atom. The number of aromatic nitrogens is 3. The fourth-order valence-electron chi connectivity index (χ4n) is 5.05. The van der Waals surface area contributed by atoms with Gasteiger partial charge in [0.15, 0.2) is 5.60 Å². The lowest BCUT2D eigenvalue weighted by Crippen LogP contribution is -2.33. The van der Waals surface area contributed by atoms with Gasteiger partial charge in [-0.15, -0.1) is 0 Å². The summed E-state index contributed by atoms with van der Waals surface area (Å²) >= 11 is 6.32. The smallest absolute Gasteiger partial charge is 0.475 e. The van der Waals surface area contributed by atoms with E-state index >= 15 is 0 Å². The van der Waals surface area contributed by atoms with Gasteiger partial charge in [0, 0.05) is 37.7 Å². The van der Waals surface area contributed by atoms with E-state index in [1.165, 1.54) is 5.56 Å². The Labute approximate surface area is 250 Å². The SMILES string of the molecule is CCc1ccc(C(OC)(c2ccc3c(c2)c(-c2cccc(Cl)c2)cc(=O)n3C)c2cncn2C)cc1.O=C(O)C(F)(F)F. The van der Waals surface area contributed by atoms with Crippen LogP contribution >= 0.6 is 11.6 Å². The van der Waals surface area contributed by atoms with E-state index in [9.17, 15) is 18.0 Å². The lowest BCUT2D eigenvalue weighted by Gasteiger charge is -2.34. The highest BCUT2D eigenvalue weighted by atomic mass is 35.5. The van der Waals surface area contributed by atoms with E-state index in [2.05, 4.69) is 42.2 Å². The van der Waals surface area contributed by atoms with E-state index in [1.807, 2.05) is 54.2 Å². The highest BCUT2D eigenvalue weighted by Crippen LogP contribution is 2.42. The van der Waals surface area contributed by atoms with Crippen LogP contribution in [-0.4, -0.2) is 38.5 Å². The average Bonchev–Trinajstić information content (AvgIpc) is 3.41. The third-order valence-electron chi connectivity index (χ3n) is 7.28. The van der Waals surface area contributed by atoms with E-state index < -0.39 is 17.7 Å². The van der Waals surface area contributed by atoms with Gasteiger partial charge in [0.25, 0.3) is 5.56 Å². The molecule has 11 heteroatoms. The third-order valence-corrected chi connectivity index (χ3v) is 7.52. The van der Waals surface area contributed by atoms with Crippen LogP contribution < -0.4 is 5.56 Å². The van der Waals surface area contributed by atoms with Crippen molar-refractivity contribution in [3.8, 4) is 11.1 Å². The fraction of sp³-hybridized carbons (Fsp3) is 0.219. The lowest BCUT2D eigenvalue weighted by atomic mass is 9.81. The number of carboxylic acids is 1. The van der Waals surface area contributed by atoms with Crippen molar-refractivity contribution in [3.63, 3.8) is 0 Å². The second-order valence-corrected chi connectivity index (χ2v) is 10.3. The molecule has 0 saturated heterocycles. The van der Waals surface area contributed by atoms with Gasteiger partial charge in [-0.3, -0.25) is 4.79 Å². The van der Waals surface area contributed by atoms with Gasteiger partial charge in [-0.1, -0.05) is 61.0 Å². The molecule has 0 aliphatic rings. The number of imidazole rings is 1. The van der Waals surface area contributed by atoms with Crippen molar-refractivity contribution in [2.24, 2.45) is 14.1 Å². The van der Waals surface area contributed by atoms with Crippen molar-refractivity contribution in [1.29, 1.82) is 0 Å². The van der Waals surface area contributed by atoms with Crippen LogP contribution in [0.2, 0.25) is 5.02 Å². The molecule has 43 heavy (non-hydrogen) atoms. The second kappa shape index (κ2) is 12.4. The summed E-state index contributed by atoms with van der Waals surface area (Å²) in [5.41, 5.74) is 5.65. The van der Waals surface area contributed by atoms with E-state index in [-0.39, 0.29) is 5.56 Å². The molecule has 2 aromatic heterocycles. The first-order valence-electron chi connectivity index (χ1n) is 13.1. The Balaban J connectivity index is 0.000000541. The normalized spacial score (nSPS) is 12.8. The van der Waals surface area contributed by atoms with Gasteiger partial charge in [-0.25, -0.2) is 9.78 Å². The third kappa shape index (κ3) is 6.21. The molecule has 0 radical (unpaired) electrons. The molecule has 0 aliphatic carbocycles. The maximum Gasteiger partial charge on any atom is 0.490 e. The zero-order valence-electron chi connectivity index (χ0n) is 23.8. The Bertz CT molecular complexity index is 1830. The number of nitrogens with zero attached hydrogens (tertiary/aromatic N) is 3. The number of methoxy groups -OCH3 is 1. The first kappa shape index (κ1) is 31.5. The molecule has 5 rings (SSSR count). The van der Waals surface area contributed by atoms with Crippen molar-refractivity contribution < 1.29 is 27.8 Å². The van der Waals surface area contributed by atoms with Crippen molar-refractivity contribution in [2.75, 3.05) is 7.11 Å². The molecule has 0 bridgehead atoms. The maximum atomic E-state index is 12.9. The van der Waals surface area contributed by atoms with Crippen LogP contribution in [0, 0.1) is 0 Å². The van der Waals surface area contributed by atoms with Crippen LogP contribution in [-0.2, 0) is 35.6 Å². The monoisotopic (exact) mass is 611 g/mol. The minimum atomic E-state index is -5.08. The Hall–Kier alpha value is -4.41. The number of hydrogen-bond donors (Lipinski definition) is 1. The van der Waals surface area contributed by atoms with E-state index in [0.717, 1.165) is 45.3 Å². The summed E-state index contributed by atoms with van der Waals surface area (Å²) in [7, 11) is 5.49. The highest BCUT2D eigenvalue weighted by molar-refractivity contribution is 6.30. The first-order valence-corrected chi connectivity index (χ1v) is 13.5. The summed E-state index contributed by atoms with van der Waals surface area (Å²) in [5, 5.41) is 8.68. The predicted octanol–water partition coefficient (Wildman–Crippen LogP) is 6.73. The number of aryl methyl sites for hydroxylation is 3. The molecular weight excluding hydrogens is 583 g/mol. The molecule has 1 atom stereocenters. The molecule has 0 spiro atoms. The van der Waals surface area contributed by atoms with E-state index in [0.29, 0.717) is 5.02 Å². The van der Waals surface area contributed by atoms with Crippen molar-refractivity contribution >= 4 is 28.5 Å². The number of benzene rings is 3. The Morgan fingerprint density at radius 2 is 1.65 bits per heavy atom. The fourth-order valence-corrected chi connectivity index (χ4v) is 5.24. The number of pyridine rings is 1. The maximum absolute atomic E-state index is 12.9. The molecule has 1 unspecified atom stereocenters. The Kier molecular flexibility index (Phi) is 9.12. The van der Waals surface area contributed by atoms with Crippen LogP contribution in [0.5, 0.6) is 0 Å².